The summed E-state index contributed by atoms with van der Waals surface area (Å²) in [6, 6.07) is 12.9. The Labute approximate surface area is 175 Å². The van der Waals surface area contributed by atoms with Crippen molar-refractivity contribution in [2.75, 3.05) is 13.1 Å². The van der Waals surface area contributed by atoms with E-state index in [2.05, 4.69) is 15.6 Å². The first kappa shape index (κ1) is 20.5. The smallest absolute Gasteiger partial charge is 0.243 e. The van der Waals surface area contributed by atoms with E-state index in [1.54, 1.807) is 22.9 Å². The fraction of sp³-hybridized carbons (Fsp3) is 0.381. The van der Waals surface area contributed by atoms with Gasteiger partial charge in [-0.05, 0) is 43.5 Å². The van der Waals surface area contributed by atoms with Gasteiger partial charge < -0.3 is 5.32 Å². The van der Waals surface area contributed by atoms with Crippen LogP contribution in [0.15, 0.2) is 47.4 Å². The van der Waals surface area contributed by atoms with Crippen LogP contribution >= 0.6 is 0 Å². The molecule has 2 aromatic carbocycles. The highest BCUT2D eigenvalue weighted by atomic mass is 32.2. The maximum absolute atomic E-state index is 12.7. The highest BCUT2D eigenvalue weighted by Crippen LogP contribution is 2.23. The second kappa shape index (κ2) is 8.53. The molecule has 0 bridgehead atoms. The Morgan fingerprint density at radius 3 is 2.70 bits per heavy atom. The van der Waals surface area contributed by atoms with Crippen LogP contribution in [0.5, 0.6) is 0 Å². The molecule has 8 nitrogen and oxygen atoms in total. The van der Waals surface area contributed by atoms with Gasteiger partial charge in [0.15, 0.2) is 0 Å². The van der Waals surface area contributed by atoms with Crippen LogP contribution in [0.1, 0.15) is 30.4 Å². The van der Waals surface area contributed by atoms with E-state index in [0.717, 1.165) is 24.0 Å². The average molecular weight is 428 g/mol. The molecule has 4 rings (SSSR count). The van der Waals surface area contributed by atoms with E-state index in [1.165, 1.54) is 4.31 Å². The third-order valence-corrected chi connectivity index (χ3v) is 7.21. The molecule has 1 amide bonds. The minimum absolute atomic E-state index is 0.0756. The highest BCUT2D eigenvalue weighted by molar-refractivity contribution is 7.89. The quantitative estimate of drug-likeness (QED) is 0.624. The van der Waals surface area contributed by atoms with Gasteiger partial charge in [-0.15, -0.1) is 5.10 Å². The van der Waals surface area contributed by atoms with E-state index in [-0.39, 0.29) is 17.2 Å². The second-order valence-corrected chi connectivity index (χ2v) is 9.53. The maximum Gasteiger partial charge on any atom is 0.243 e. The third kappa shape index (κ3) is 4.36. The van der Waals surface area contributed by atoms with Gasteiger partial charge in [0.1, 0.15) is 5.52 Å². The lowest BCUT2D eigenvalue weighted by Crippen LogP contribution is -2.27. The van der Waals surface area contributed by atoms with E-state index in [1.807, 2.05) is 31.2 Å². The lowest BCUT2D eigenvalue weighted by atomic mass is 10.1. The zero-order valence-corrected chi connectivity index (χ0v) is 17.7. The summed E-state index contributed by atoms with van der Waals surface area (Å²) >= 11 is 0. The predicted octanol–water partition coefficient (Wildman–Crippen LogP) is 2.23. The Kier molecular flexibility index (Phi) is 5.83. The second-order valence-electron chi connectivity index (χ2n) is 7.59. The SMILES string of the molecule is Cc1cccc(CNC(=O)CCn2nnc3cc(S(=O)(=O)N4CCCC4)ccc32)c1. The van der Waals surface area contributed by atoms with Crippen molar-refractivity contribution in [1.29, 1.82) is 0 Å². The zero-order valence-electron chi connectivity index (χ0n) is 16.9. The summed E-state index contributed by atoms with van der Waals surface area (Å²) in [5, 5.41) is 11.1. The minimum atomic E-state index is -3.49. The molecular formula is C21H25N5O3S. The van der Waals surface area contributed by atoms with E-state index in [0.29, 0.717) is 37.2 Å². The summed E-state index contributed by atoms with van der Waals surface area (Å²) < 4.78 is 28.6. The molecule has 3 aromatic rings. The largest absolute Gasteiger partial charge is 0.352 e. The summed E-state index contributed by atoms with van der Waals surface area (Å²) in [6.07, 6.45) is 2.05. The number of sulfonamides is 1. The molecule has 0 atom stereocenters. The van der Waals surface area contributed by atoms with Crippen LogP contribution < -0.4 is 5.32 Å². The number of aryl methyl sites for hydroxylation is 2. The van der Waals surface area contributed by atoms with Gasteiger partial charge in [0.05, 0.1) is 17.0 Å². The van der Waals surface area contributed by atoms with Crippen LogP contribution in [0.4, 0.5) is 0 Å². The fourth-order valence-corrected chi connectivity index (χ4v) is 5.21. The van der Waals surface area contributed by atoms with Crippen molar-refractivity contribution in [2.24, 2.45) is 0 Å². The third-order valence-electron chi connectivity index (χ3n) is 5.31. The normalized spacial score (nSPS) is 15.0. The van der Waals surface area contributed by atoms with Crippen molar-refractivity contribution < 1.29 is 13.2 Å². The van der Waals surface area contributed by atoms with Gasteiger partial charge in [0.25, 0.3) is 0 Å². The molecule has 1 saturated heterocycles. The van der Waals surface area contributed by atoms with Gasteiger partial charge in [-0.3, -0.25) is 4.79 Å². The van der Waals surface area contributed by atoms with Crippen LogP contribution in [0.25, 0.3) is 11.0 Å². The average Bonchev–Trinajstić information content (AvgIpc) is 3.41. The molecule has 0 spiro atoms. The van der Waals surface area contributed by atoms with E-state index >= 15 is 0 Å². The lowest BCUT2D eigenvalue weighted by Gasteiger charge is -2.15. The van der Waals surface area contributed by atoms with E-state index < -0.39 is 10.0 Å². The summed E-state index contributed by atoms with van der Waals surface area (Å²) in [6.45, 7) is 3.99. The van der Waals surface area contributed by atoms with Crippen molar-refractivity contribution in [3.63, 3.8) is 0 Å². The molecule has 2 heterocycles. The number of nitrogens with one attached hydrogen (secondary N) is 1. The standard InChI is InChI=1S/C21H25N5O3S/c1-16-5-4-6-17(13-16)15-22-21(27)9-12-26-20-8-7-18(14-19(20)23-24-26)30(28,29)25-10-2-3-11-25/h4-8,13-14H,2-3,9-12,15H2,1H3,(H,22,27). The number of amides is 1. The van der Waals surface area contributed by atoms with Crippen LogP contribution in [-0.2, 0) is 27.9 Å². The zero-order chi connectivity index (χ0) is 21.1. The Morgan fingerprint density at radius 1 is 1.13 bits per heavy atom. The van der Waals surface area contributed by atoms with E-state index in [9.17, 15) is 13.2 Å². The van der Waals surface area contributed by atoms with Gasteiger partial charge >= 0.3 is 0 Å². The van der Waals surface area contributed by atoms with Crippen LogP contribution in [0.3, 0.4) is 0 Å². The lowest BCUT2D eigenvalue weighted by molar-refractivity contribution is -0.121. The first-order chi connectivity index (χ1) is 14.4. The highest BCUT2D eigenvalue weighted by Gasteiger charge is 2.27. The number of fused-ring (bicyclic) bond motifs is 1. The molecule has 0 aliphatic carbocycles. The number of carbonyl (C=O) groups excluding carboxylic acids is 1. The molecule has 1 aromatic heterocycles. The topological polar surface area (TPSA) is 97.2 Å². The molecule has 1 fully saturated rings. The summed E-state index contributed by atoms with van der Waals surface area (Å²) in [7, 11) is -3.49. The molecule has 158 valence electrons. The van der Waals surface area contributed by atoms with Crippen molar-refractivity contribution in [3.05, 3.63) is 53.6 Å². The van der Waals surface area contributed by atoms with Crippen LogP contribution in [0.2, 0.25) is 0 Å². The minimum Gasteiger partial charge on any atom is -0.352 e. The molecule has 0 saturated carbocycles. The molecule has 1 N–H and O–H groups in total. The first-order valence-corrected chi connectivity index (χ1v) is 11.5. The van der Waals surface area contributed by atoms with Crippen LogP contribution in [0, 0.1) is 6.92 Å². The monoisotopic (exact) mass is 427 g/mol. The number of benzene rings is 2. The Bertz CT molecular complexity index is 1170. The van der Waals surface area contributed by atoms with Gasteiger partial charge in [-0.1, -0.05) is 35.0 Å². The van der Waals surface area contributed by atoms with Gasteiger partial charge in [0.2, 0.25) is 15.9 Å². The Balaban J connectivity index is 1.39. The van der Waals surface area contributed by atoms with Crippen LogP contribution in [-0.4, -0.2) is 46.7 Å². The number of aromatic nitrogens is 3. The van der Waals surface area contributed by atoms with Gasteiger partial charge in [0, 0.05) is 26.1 Å². The van der Waals surface area contributed by atoms with Gasteiger partial charge in [-0.2, -0.15) is 4.31 Å². The van der Waals surface area contributed by atoms with Gasteiger partial charge in [-0.25, -0.2) is 13.1 Å². The van der Waals surface area contributed by atoms with Crippen molar-refractivity contribution >= 4 is 27.0 Å². The molecule has 30 heavy (non-hydrogen) atoms. The fourth-order valence-electron chi connectivity index (χ4n) is 3.67. The van der Waals surface area contributed by atoms with E-state index in [4.69, 9.17) is 0 Å². The molecule has 1 aliphatic heterocycles. The number of hydrogen-bond donors (Lipinski definition) is 1. The molecular weight excluding hydrogens is 402 g/mol. The Hall–Kier alpha value is -2.78. The number of hydrogen-bond acceptors (Lipinski definition) is 5. The van der Waals surface area contributed by atoms with Crippen molar-refractivity contribution in [2.45, 2.75) is 44.2 Å². The predicted molar refractivity (Wildman–Crippen MR) is 113 cm³/mol. The summed E-state index contributed by atoms with van der Waals surface area (Å²) in [5.74, 6) is -0.0756. The number of nitrogens with zero attached hydrogens (tertiary/aromatic N) is 4. The van der Waals surface area contributed by atoms with Crippen molar-refractivity contribution in [3.8, 4) is 0 Å². The first-order valence-electron chi connectivity index (χ1n) is 10.1. The number of rotatable bonds is 7. The summed E-state index contributed by atoms with van der Waals surface area (Å²) in [5.41, 5.74) is 3.43. The summed E-state index contributed by atoms with van der Waals surface area (Å²) in [4.78, 5) is 12.4. The number of carbonyl (C=O) groups is 1. The molecule has 0 unspecified atom stereocenters. The molecule has 0 radical (unpaired) electrons. The maximum atomic E-state index is 12.7. The molecule has 1 aliphatic rings. The van der Waals surface area contributed by atoms with Crippen molar-refractivity contribution in [1.82, 2.24) is 24.6 Å². The Morgan fingerprint density at radius 2 is 1.93 bits per heavy atom. The molecule has 9 heteroatoms.